The van der Waals surface area contributed by atoms with Crippen LogP contribution in [0.2, 0.25) is 0 Å². The number of hydrogen-bond acceptors (Lipinski definition) is 4. The average Bonchev–Trinajstić information content (AvgIpc) is 3.14. The third kappa shape index (κ3) is 4.88. The lowest BCUT2D eigenvalue weighted by Gasteiger charge is -2.12. The summed E-state index contributed by atoms with van der Waals surface area (Å²) in [4.78, 5) is 4.21. The molecule has 7 nitrogen and oxygen atoms in total. The van der Waals surface area contributed by atoms with Gasteiger partial charge in [0.05, 0.1) is 37.7 Å². The van der Waals surface area contributed by atoms with Gasteiger partial charge in [0.2, 0.25) is 5.88 Å². The van der Waals surface area contributed by atoms with Gasteiger partial charge in [0.15, 0.2) is 5.96 Å². The molecule has 2 heterocycles. The van der Waals surface area contributed by atoms with Crippen LogP contribution < -0.4 is 15.4 Å². The maximum atomic E-state index is 5.43. The minimum absolute atomic E-state index is 0. The molecule has 0 atom stereocenters. The minimum Gasteiger partial charge on any atom is -0.481 e. The van der Waals surface area contributed by atoms with Gasteiger partial charge in [-0.25, -0.2) is 4.68 Å². The Morgan fingerprint density at radius 2 is 2.13 bits per heavy atom. The van der Waals surface area contributed by atoms with Crippen LogP contribution >= 0.6 is 24.0 Å². The summed E-state index contributed by atoms with van der Waals surface area (Å²) in [5.41, 5.74) is 2.07. The van der Waals surface area contributed by atoms with Crippen molar-refractivity contribution in [2.45, 2.75) is 26.4 Å². The molecule has 0 unspecified atom stereocenters. The fraction of sp³-hybridized carbons (Fsp3) is 0.467. The number of aryl methyl sites for hydroxylation is 2. The number of rotatable bonds is 6. The fourth-order valence-electron chi connectivity index (χ4n) is 2.30. The van der Waals surface area contributed by atoms with Crippen molar-refractivity contribution in [2.24, 2.45) is 12.0 Å². The average molecular weight is 433 g/mol. The predicted molar refractivity (Wildman–Crippen MR) is 100 cm³/mol. The number of nitrogens with zero attached hydrogens (tertiary/aromatic N) is 3. The second kappa shape index (κ2) is 9.43. The first-order chi connectivity index (χ1) is 10.7. The van der Waals surface area contributed by atoms with E-state index in [-0.39, 0.29) is 24.0 Å². The van der Waals surface area contributed by atoms with Crippen LogP contribution in [0.3, 0.4) is 0 Å². The first-order valence-corrected chi connectivity index (χ1v) is 7.25. The number of methoxy groups -OCH3 is 1. The van der Waals surface area contributed by atoms with Crippen LogP contribution in [-0.2, 0) is 26.6 Å². The molecule has 0 radical (unpaired) electrons. The molecule has 2 aromatic heterocycles. The van der Waals surface area contributed by atoms with E-state index in [2.05, 4.69) is 27.6 Å². The number of nitrogens with one attached hydrogen (secondary N) is 2. The van der Waals surface area contributed by atoms with Gasteiger partial charge in [-0.1, -0.05) is 6.92 Å². The molecule has 0 fully saturated rings. The van der Waals surface area contributed by atoms with Crippen LogP contribution in [0.5, 0.6) is 5.88 Å². The lowest BCUT2D eigenvalue weighted by Crippen LogP contribution is -2.36. The maximum Gasteiger partial charge on any atom is 0.216 e. The largest absolute Gasteiger partial charge is 0.481 e. The Kier molecular flexibility index (Phi) is 7.93. The Morgan fingerprint density at radius 1 is 1.39 bits per heavy atom. The predicted octanol–water partition coefficient (Wildman–Crippen LogP) is 2.07. The molecule has 2 N–H and O–H groups in total. The van der Waals surface area contributed by atoms with Gasteiger partial charge in [0.25, 0.3) is 0 Å². The van der Waals surface area contributed by atoms with Crippen LogP contribution in [0.4, 0.5) is 0 Å². The number of aliphatic imine (C=N–C) groups is 1. The van der Waals surface area contributed by atoms with Gasteiger partial charge < -0.3 is 19.8 Å². The van der Waals surface area contributed by atoms with Crippen molar-refractivity contribution < 1.29 is 9.15 Å². The number of guanidine groups is 1. The molecule has 0 aliphatic carbocycles. The summed E-state index contributed by atoms with van der Waals surface area (Å²) < 4.78 is 12.5. The van der Waals surface area contributed by atoms with Crippen LogP contribution in [0.1, 0.15) is 23.9 Å². The van der Waals surface area contributed by atoms with E-state index in [1.165, 1.54) is 0 Å². The topological polar surface area (TPSA) is 76.6 Å². The fourth-order valence-corrected chi connectivity index (χ4v) is 2.30. The molecule has 0 aromatic carbocycles. The highest BCUT2D eigenvalue weighted by Crippen LogP contribution is 2.21. The number of aromatic nitrogens is 2. The van der Waals surface area contributed by atoms with Gasteiger partial charge in [0.1, 0.15) is 5.76 Å². The van der Waals surface area contributed by atoms with E-state index in [0.29, 0.717) is 19.0 Å². The van der Waals surface area contributed by atoms with E-state index in [0.717, 1.165) is 29.3 Å². The maximum absolute atomic E-state index is 5.43. The first-order valence-electron chi connectivity index (χ1n) is 7.25. The van der Waals surface area contributed by atoms with Crippen molar-refractivity contribution in [1.82, 2.24) is 20.4 Å². The van der Waals surface area contributed by atoms with Crippen LogP contribution in [0.25, 0.3) is 0 Å². The quantitative estimate of drug-likeness (QED) is 0.415. The summed E-state index contributed by atoms with van der Waals surface area (Å²) in [5.74, 6) is 2.33. The van der Waals surface area contributed by atoms with Crippen molar-refractivity contribution >= 4 is 29.9 Å². The summed E-state index contributed by atoms with van der Waals surface area (Å²) >= 11 is 0. The summed E-state index contributed by atoms with van der Waals surface area (Å²) in [6, 6.07) is 3.78. The summed E-state index contributed by atoms with van der Waals surface area (Å²) in [7, 11) is 5.27. The number of hydrogen-bond donors (Lipinski definition) is 2. The molecule has 2 aromatic rings. The van der Waals surface area contributed by atoms with Gasteiger partial charge in [-0.2, -0.15) is 5.10 Å². The van der Waals surface area contributed by atoms with Crippen LogP contribution in [-0.4, -0.2) is 29.9 Å². The summed E-state index contributed by atoms with van der Waals surface area (Å²) in [5, 5.41) is 10.9. The molecule has 8 heteroatoms. The van der Waals surface area contributed by atoms with E-state index in [4.69, 9.17) is 9.15 Å². The number of ether oxygens (including phenoxy) is 1. The molecule has 128 valence electrons. The molecular weight excluding hydrogens is 409 g/mol. The Balaban J connectivity index is 0.00000264. The van der Waals surface area contributed by atoms with Crippen molar-refractivity contribution in [2.75, 3.05) is 14.2 Å². The lowest BCUT2D eigenvalue weighted by atomic mass is 10.2. The highest BCUT2D eigenvalue weighted by atomic mass is 127. The zero-order chi connectivity index (χ0) is 15.9. The second-order valence-electron chi connectivity index (χ2n) is 4.77. The zero-order valence-corrected chi connectivity index (χ0v) is 16.3. The molecule has 0 bridgehead atoms. The van der Waals surface area contributed by atoms with E-state index in [1.807, 2.05) is 19.2 Å². The molecule has 0 aliphatic rings. The van der Waals surface area contributed by atoms with Gasteiger partial charge in [0, 0.05) is 14.1 Å². The third-order valence-corrected chi connectivity index (χ3v) is 3.37. The molecule has 0 spiro atoms. The van der Waals surface area contributed by atoms with Gasteiger partial charge >= 0.3 is 0 Å². The number of halogens is 1. The standard InChI is InChI=1S/C15H23N5O2.HI/c1-5-13-12(14(21-4)20(3)19-13)10-18-15(16-2)17-9-11-7-6-8-22-11;/h6-8H,5,9-10H2,1-4H3,(H2,16,17,18);1H. The Hall–Kier alpha value is -1.71. The molecule has 0 saturated carbocycles. The Bertz CT molecular complexity index is 622. The third-order valence-electron chi connectivity index (χ3n) is 3.37. The lowest BCUT2D eigenvalue weighted by molar-refractivity contribution is 0.369. The van der Waals surface area contributed by atoms with E-state index in [1.54, 1.807) is 25.1 Å². The van der Waals surface area contributed by atoms with Gasteiger partial charge in [-0.05, 0) is 18.6 Å². The van der Waals surface area contributed by atoms with Crippen molar-refractivity contribution in [3.8, 4) is 5.88 Å². The van der Waals surface area contributed by atoms with Crippen molar-refractivity contribution in [3.05, 3.63) is 35.4 Å². The minimum atomic E-state index is 0. The van der Waals surface area contributed by atoms with E-state index < -0.39 is 0 Å². The molecule has 2 rings (SSSR count). The Morgan fingerprint density at radius 3 is 2.70 bits per heavy atom. The van der Waals surface area contributed by atoms with Crippen molar-refractivity contribution in [1.29, 1.82) is 0 Å². The monoisotopic (exact) mass is 433 g/mol. The number of furan rings is 1. The first kappa shape index (κ1) is 19.3. The molecule has 0 saturated heterocycles. The van der Waals surface area contributed by atoms with E-state index in [9.17, 15) is 0 Å². The van der Waals surface area contributed by atoms with Crippen molar-refractivity contribution in [3.63, 3.8) is 0 Å². The SMILES string of the molecule is CCc1nn(C)c(OC)c1CNC(=NC)NCc1ccco1.I. The van der Waals surface area contributed by atoms with Gasteiger partial charge in [-0.3, -0.25) is 4.99 Å². The molecule has 0 amide bonds. The molecule has 0 aliphatic heterocycles. The Labute approximate surface area is 153 Å². The highest BCUT2D eigenvalue weighted by Gasteiger charge is 2.15. The summed E-state index contributed by atoms with van der Waals surface area (Å²) in [6.45, 7) is 3.25. The normalized spacial score (nSPS) is 11.0. The van der Waals surface area contributed by atoms with E-state index >= 15 is 0 Å². The molecule has 23 heavy (non-hydrogen) atoms. The van der Waals surface area contributed by atoms with Crippen LogP contribution in [0, 0.1) is 0 Å². The second-order valence-corrected chi connectivity index (χ2v) is 4.77. The smallest absolute Gasteiger partial charge is 0.216 e. The molecular formula is C15H24IN5O2. The zero-order valence-electron chi connectivity index (χ0n) is 13.9. The summed E-state index contributed by atoms with van der Waals surface area (Å²) in [6.07, 6.45) is 2.51. The highest BCUT2D eigenvalue weighted by molar-refractivity contribution is 14.0. The van der Waals surface area contributed by atoms with Gasteiger partial charge in [-0.15, -0.1) is 24.0 Å². The van der Waals surface area contributed by atoms with Crippen LogP contribution in [0.15, 0.2) is 27.8 Å².